The summed E-state index contributed by atoms with van der Waals surface area (Å²) < 4.78 is 18.0. The molecule has 1 amide bonds. The van der Waals surface area contributed by atoms with E-state index in [0.29, 0.717) is 23.9 Å². The molecule has 1 aliphatic carbocycles. The van der Waals surface area contributed by atoms with E-state index < -0.39 is 5.60 Å². The second-order valence-corrected chi connectivity index (χ2v) is 11.6. The van der Waals surface area contributed by atoms with Crippen molar-refractivity contribution in [3.63, 3.8) is 0 Å². The number of nitrogens with one attached hydrogen (secondary N) is 1. The van der Waals surface area contributed by atoms with Gasteiger partial charge in [0.05, 0.1) is 12.1 Å². The molecule has 9 nitrogen and oxygen atoms in total. The molecule has 3 heterocycles. The number of ether oxygens (including phenoxy) is 3. The van der Waals surface area contributed by atoms with Crippen molar-refractivity contribution in [2.45, 2.75) is 90.6 Å². The number of rotatable bonds is 9. The summed E-state index contributed by atoms with van der Waals surface area (Å²) in [5.41, 5.74) is 1.99. The lowest BCUT2D eigenvalue weighted by Crippen LogP contribution is -2.45. The van der Waals surface area contributed by atoms with Gasteiger partial charge in [-0.15, -0.1) is 0 Å². The number of pyridine rings is 1. The average molecular weight is 512 g/mol. The third-order valence-electron chi connectivity index (χ3n) is 6.30. The highest BCUT2D eigenvalue weighted by Crippen LogP contribution is 2.31. The molecular formula is C28H41N5O4. The summed E-state index contributed by atoms with van der Waals surface area (Å²) in [5.74, 6) is 1.96. The first-order chi connectivity index (χ1) is 17.5. The molecule has 202 valence electrons. The van der Waals surface area contributed by atoms with Crippen LogP contribution in [0.25, 0.3) is 11.5 Å². The van der Waals surface area contributed by atoms with Crippen molar-refractivity contribution in [2.24, 2.45) is 0 Å². The van der Waals surface area contributed by atoms with E-state index in [9.17, 15) is 4.79 Å². The number of carbonyl (C=O) groups excluding carboxylic acids is 1. The van der Waals surface area contributed by atoms with E-state index in [-0.39, 0.29) is 24.3 Å². The van der Waals surface area contributed by atoms with Crippen molar-refractivity contribution in [1.29, 1.82) is 0 Å². The van der Waals surface area contributed by atoms with Crippen molar-refractivity contribution >= 4 is 11.7 Å². The summed E-state index contributed by atoms with van der Waals surface area (Å²) >= 11 is 0. The topological polar surface area (TPSA) is 98.7 Å². The van der Waals surface area contributed by atoms with Gasteiger partial charge in [0.2, 0.25) is 5.91 Å². The van der Waals surface area contributed by atoms with Gasteiger partial charge < -0.3 is 24.4 Å². The molecule has 1 fully saturated rings. The van der Waals surface area contributed by atoms with E-state index in [1.165, 1.54) is 0 Å². The maximum Gasteiger partial charge on any atom is 0.239 e. The standard InChI is InChI=1S/C28H41N5O4/c1-27(2,3)32-23(34)17-33(6)26-20-10-9-11-21(20)30-25(31-26)22-16-19(13-14-29-22)36-18-28(4,5)37-24-12-7-8-15-35-24/h13-14,16,24H,7-12,15,17-18H2,1-6H3,(H,32,34). The SMILES string of the molecule is CN(CC(=O)NC(C)(C)C)c1nc(-c2cc(OCC(C)(C)OC3CCCCO3)ccn2)nc2c1CCC2. The normalized spacial score (nSPS) is 17.8. The van der Waals surface area contributed by atoms with Gasteiger partial charge in [0.1, 0.15) is 23.9 Å². The fourth-order valence-corrected chi connectivity index (χ4v) is 4.67. The minimum atomic E-state index is -0.501. The van der Waals surface area contributed by atoms with E-state index in [2.05, 4.69) is 10.3 Å². The van der Waals surface area contributed by atoms with E-state index >= 15 is 0 Å². The number of amides is 1. The van der Waals surface area contributed by atoms with Gasteiger partial charge in [-0.25, -0.2) is 9.97 Å². The molecule has 0 bridgehead atoms. The van der Waals surface area contributed by atoms with Gasteiger partial charge in [0.25, 0.3) is 0 Å². The number of aryl methyl sites for hydroxylation is 1. The first-order valence-electron chi connectivity index (χ1n) is 13.3. The molecular weight excluding hydrogens is 470 g/mol. The molecule has 4 rings (SSSR count). The highest BCUT2D eigenvalue weighted by Gasteiger charge is 2.27. The molecule has 2 aromatic heterocycles. The first kappa shape index (κ1) is 27.3. The van der Waals surface area contributed by atoms with Crippen LogP contribution < -0.4 is 15.0 Å². The molecule has 0 saturated carbocycles. The van der Waals surface area contributed by atoms with Crippen molar-refractivity contribution in [2.75, 3.05) is 31.7 Å². The van der Waals surface area contributed by atoms with Crippen molar-refractivity contribution in [3.8, 4) is 17.3 Å². The van der Waals surface area contributed by atoms with E-state index in [1.54, 1.807) is 6.20 Å². The van der Waals surface area contributed by atoms with Crippen LogP contribution in [0.4, 0.5) is 5.82 Å². The zero-order valence-electron chi connectivity index (χ0n) is 23.1. The maximum absolute atomic E-state index is 12.6. The highest BCUT2D eigenvalue weighted by molar-refractivity contribution is 5.82. The van der Waals surface area contributed by atoms with Crippen LogP contribution in [0.3, 0.4) is 0 Å². The Bertz CT molecular complexity index is 1090. The van der Waals surface area contributed by atoms with E-state index in [4.69, 9.17) is 24.2 Å². The van der Waals surface area contributed by atoms with Crippen LogP contribution in [0.15, 0.2) is 18.3 Å². The lowest BCUT2D eigenvalue weighted by molar-refractivity contribution is -0.221. The number of hydrogen-bond acceptors (Lipinski definition) is 8. The molecule has 1 N–H and O–H groups in total. The second kappa shape index (κ2) is 11.3. The molecule has 1 saturated heterocycles. The number of nitrogens with zero attached hydrogens (tertiary/aromatic N) is 4. The Hall–Kier alpha value is -2.78. The van der Waals surface area contributed by atoms with Crippen LogP contribution in [-0.4, -0.2) is 65.1 Å². The van der Waals surface area contributed by atoms with Crippen LogP contribution in [-0.2, 0) is 27.1 Å². The van der Waals surface area contributed by atoms with Crippen LogP contribution in [0, 0.1) is 0 Å². The highest BCUT2D eigenvalue weighted by atomic mass is 16.7. The predicted octanol–water partition coefficient (Wildman–Crippen LogP) is 4.08. The zero-order valence-corrected chi connectivity index (χ0v) is 23.1. The monoisotopic (exact) mass is 511 g/mol. The van der Waals surface area contributed by atoms with Gasteiger partial charge in [0.15, 0.2) is 12.1 Å². The minimum Gasteiger partial charge on any atom is -0.490 e. The van der Waals surface area contributed by atoms with Crippen molar-refractivity contribution in [1.82, 2.24) is 20.3 Å². The minimum absolute atomic E-state index is 0.0427. The van der Waals surface area contributed by atoms with Crippen LogP contribution in [0.2, 0.25) is 0 Å². The maximum atomic E-state index is 12.6. The summed E-state index contributed by atoms with van der Waals surface area (Å²) in [6.45, 7) is 11.3. The van der Waals surface area contributed by atoms with Gasteiger partial charge in [-0.1, -0.05) is 0 Å². The number of likely N-dealkylation sites (N-methyl/N-ethyl adjacent to an activating group) is 1. The fourth-order valence-electron chi connectivity index (χ4n) is 4.67. The first-order valence-corrected chi connectivity index (χ1v) is 13.3. The molecule has 9 heteroatoms. The Labute approximate surface area is 220 Å². The molecule has 37 heavy (non-hydrogen) atoms. The van der Waals surface area contributed by atoms with Gasteiger partial charge in [-0.3, -0.25) is 9.78 Å². The Morgan fingerprint density at radius 2 is 1.97 bits per heavy atom. The second-order valence-electron chi connectivity index (χ2n) is 11.6. The molecule has 1 unspecified atom stereocenters. The molecule has 0 spiro atoms. The number of anilines is 1. The van der Waals surface area contributed by atoms with E-state index in [0.717, 1.165) is 62.2 Å². The Morgan fingerprint density at radius 1 is 1.16 bits per heavy atom. The fraction of sp³-hybridized carbons (Fsp3) is 0.643. The zero-order chi connectivity index (χ0) is 26.6. The largest absolute Gasteiger partial charge is 0.490 e. The molecule has 0 aromatic carbocycles. The summed E-state index contributed by atoms with van der Waals surface area (Å²) in [6.07, 6.45) is 7.47. The lowest BCUT2D eigenvalue weighted by Gasteiger charge is -2.32. The van der Waals surface area contributed by atoms with Crippen LogP contribution in [0.1, 0.15) is 71.6 Å². The lowest BCUT2D eigenvalue weighted by atomic mass is 10.1. The summed E-state index contributed by atoms with van der Waals surface area (Å²) in [4.78, 5) is 28.7. The molecule has 1 atom stereocenters. The summed E-state index contributed by atoms with van der Waals surface area (Å²) in [5, 5.41) is 3.02. The number of fused-ring (bicyclic) bond motifs is 1. The van der Waals surface area contributed by atoms with Crippen molar-refractivity contribution < 1.29 is 19.0 Å². The van der Waals surface area contributed by atoms with Gasteiger partial charge in [-0.05, 0) is 79.2 Å². The Morgan fingerprint density at radius 3 is 2.70 bits per heavy atom. The third kappa shape index (κ3) is 7.61. The number of aromatic nitrogens is 3. The Balaban J connectivity index is 1.48. The summed E-state index contributed by atoms with van der Waals surface area (Å²) in [7, 11) is 1.90. The molecule has 0 radical (unpaired) electrons. The van der Waals surface area contributed by atoms with Crippen LogP contribution >= 0.6 is 0 Å². The smallest absolute Gasteiger partial charge is 0.239 e. The molecule has 2 aliphatic rings. The van der Waals surface area contributed by atoms with Crippen LogP contribution in [0.5, 0.6) is 5.75 Å². The third-order valence-corrected chi connectivity index (χ3v) is 6.30. The number of hydrogen-bond donors (Lipinski definition) is 1. The van der Waals surface area contributed by atoms with Gasteiger partial charge in [-0.2, -0.15) is 0 Å². The summed E-state index contributed by atoms with van der Waals surface area (Å²) in [6, 6.07) is 3.69. The Kier molecular flexibility index (Phi) is 8.33. The molecule has 1 aliphatic heterocycles. The molecule has 2 aromatic rings. The van der Waals surface area contributed by atoms with E-state index in [1.807, 2.05) is 58.7 Å². The average Bonchev–Trinajstić information content (AvgIpc) is 3.30. The van der Waals surface area contributed by atoms with Crippen molar-refractivity contribution in [3.05, 3.63) is 29.6 Å². The predicted molar refractivity (Wildman–Crippen MR) is 143 cm³/mol. The number of carbonyl (C=O) groups is 1. The van der Waals surface area contributed by atoms with Gasteiger partial charge >= 0.3 is 0 Å². The quantitative estimate of drug-likeness (QED) is 0.538. The van der Waals surface area contributed by atoms with Gasteiger partial charge in [0, 0.05) is 42.7 Å².